The number of rotatable bonds is 4. The lowest BCUT2D eigenvalue weighted by Crippen LogP contribution is -2.09. The van der Waals surface area contributed by atoms with Gasteiger partial charge in [-0.2, -0.15) is 23.6 Å². The predicted molar refractivity (Wildman–Crippen MR) is 74.2 cm³/mol. The first kappa shape index (κ1) is 16.9. The summed E-state index contributed by atoms with van der Waals surface area (Å²) >= 11 is 0. The molecule has 2 aromatic rings. The molecule has 0 aliphatic rings. The third-order valence-corrected chi connectivity index (χ3v) is 2.92. The first-order valence-corrected chi connectivity index (χ1v) is 6.21. The van der Waals surface area contributed by atoms with Crippen LogP contribution in [0.25, 0.3) is 5.57 Å². The number of H-pyrrole nitrogens is 1. The molecule has 0 spiro atoms. The number of aromatic amines is 1. The fourth-order valence-corrected chi connectivity index (χ4v) is 1.84. The molecule has 0 saturated heterocycles. The zero-order chi connectivity index (χ0) is 17.9. The number of tetrazole rings is 1. The van der Waals surface area contributed by atoms with Gasteiger partial charge in [0, 0.05) is 12.3 Å². The van der Waals surface area contributed by atoms with Crippen molar-refractivity contribution < 1.29 is 18.1 Å². The number of anilines is 1. The molecule has 0 amide bonds. The van der Waals surface area contributed by atoms with Crippen LogP contribution in [-0.4, -0.2) is 25.5 Å². The van der Waals surface area contributed by atoms with E-state index in [0.29, 0.717) is 6.07 Å². The third-order valence-electron chi connectivity index (χ3n) is 2.92. The summed E-state index contributed by atoms with van der Waals surface area (Å²) in [4.78, 5) is 10.1. The highest BCUT2D eigenvalue weighted by molar-refractivity contribution is 5.76. The molecule has 0 aliphatic carbocycles. The first-order chi connectivity index (χ1) is 11.2. The van der Waals surface area contributed by atoms with Crippen LogP contribution in [0.1, 0.15) is 17.0 Å². The minimum Gasteiger partial charge on any atom is -0.355 e. The topological polar surface area (TPSA) is 133 Å². The van der Waals surface area contributed by atoms with E-state index >= 15 is 0 Å². The molecule has 0 bridgehead atoms. The van der Waals surface area contributed by atoms with Crippen molar-refractivity contribution in [2.45, 2.75) is 13.1 Å². The molecule has 0 radical (unpaired) electrons. The average Bonchev–Trinajstić information content (AvgIpc) is 3.00. The average molecular weight is 339 g/mol. The van der Waals surface area contributed by atoms with Gasteiger partial charge in [0.15, 0.2) is 0 Å². The largest absolute Gasteiger partial charge is 0.416 e. The Morgan fingerprint density at radius 2 is 2.21 bits per heavy atom. The van der Waals surface area contributed by atoms with Crippen LogP contribution >= 0.6 is 0 Å². The molecular weight excluding hydrogens is 331 g/mol. The van der Waals surface area contributed by atoms with Gasteiger partial charge in [-0.1, -0.05) is 0 Å². The number of aryl methyl sites for hydroxylation is 1. The Labute approximate surface area is 131 Å². The van der Waals surface area contributed by atoms with Gasteiger partial charge in [-0.25, -0.2) is 0 Å². The molecule has 1 aromatic carbocycles. The molecule has 0 atom stereocenters. The van der Waals surface area contributed by atoms with Crippen LogP contribution in [0.15, 0.2) is 18.3 Å². The molecule has 1 heterocycles. The van der Waals surface area contributed by atoms with Crippen molar-refractivity contribution in [3.05, 3.63) is 45.4 Å². The molecule has 0 saturated carbocycles. The number of hydrogen-bond donors (Lipinski definition) is 2. The Kier molecular flexibility index (Phi) is 4.45. The van der Waals surface area contributed by atoms with E-state index in [-0.39, 0.29) is 22.6 Å². The molecule has 9 nitrogen and oxygen atoms in total. The number of aromatic nitrogens is 4. The summed E-state index contributed by atoms with van der Waals surface area (Å²) in [5, 5.41) is 35.0. The van der Waals surface area contributed by atoms with E-state index in [0.717, 1.165) is 12.3 Å². The third kappa shape index (κ3) is 3.46. The summed E-state index contributed by atoms with van der Waals surface area (Å²) in [6.07, 6.45) is -3.68. The number of allylic oxidation sites excluding steroid dienone is 1. The number of nitro benzene ring substituents is 1. The first-order valence-electron chi connectivity index (χ1n) is 6.21. The Morgan fingerprint density at radius 3 is 2.71 bits per heavy atom. The summed E-state index contributed by atoms with van der Waals surface area (Å²) in [7, 11) is 0. The van der Waals surface area contributed by atoms with Gasteiger partial charge in [0.1, 0.15) is 17.3 Å². The zero-order valence-corrected chi connectivity index (χ0v) is 11.9. The van der Waals surface area contributed by atoms with Crippen molar-refractivity contribution in [3.63, 3.8) is 0 Å². The molecule has 2 N–H and O–H groups in total. The summed E-state index contributed by atoms with van der Waals surface area (Å²) in [6, 6.07) is 3.15. The number of nitrogens with zero attached hydrogens (tertiary/aromatic N) is 5. The quantitative estimate of drug-likeness (QED) is 0.496. The van der Waals surface area contributed by atoms with Crippen molar-refractivity contribution in [2.24, 2.45) is 0 Å². The van der Waals surface area contributed by atoms with Crippen LogP contribution in [0.2, 0.25) is 0 Å². The van der Waals surface area contributed by atoms with E-state index in [1.807, 2.05) is 0 Å². The van der Waals surface area contributed by atoms with Crippen LogP contribution in [0.3, 0.4) is 0 Å². The van der Waals surface area contributed by atoms with Crippen molar-refractivity contribution in [3.8, 4) is 6.07 Å². The van der Waals surface area contributed by atoms with Gasteiger partial charge in [-0.15, -0.1) is 10.2 Å². The van der Waals surface area contributed by atoms with Crippen LogP contribution < -0.4 is 5.32 Å². The van der Waals surface area contributed by atoms with Gasteiger partial charge in [0.25, 0.3) is 5.69 Å². The summed E-state index contributed by atoms with van der Waals surface area (Å²) in [5.41, 5.74) is -2.42. The fourth-order valence-electron chi connectivity index (χ4n) is 1.84. The summed E-state index contributed by atoms with van der Waals surface area (Å²) < 4.78 is 38.6. The second-order valence-corrected chi connectivity index (χ2v) is 4.49. The van der Waals surface area contributed by atoms with Gasteiger partial charge in [-0.3, -0.25) is 10.1 Å². The SMILES string of the molecule is Cc1cc(NC=C(C#N)c2nn[nH]n2)c([N+](=O)[O-])cc1C(F)(F)F. The van der Waals surface area contributed by atoms with Crippen LogP contribution in [0.4, 0.5) is 24.5 Å². The Bertz CT molecular complexity index is 838. The maximum absolute atomic E-state index is 12.9. The molecule has 124 valence electrons. The molecular formula is C12H8F3N7O2. The van der Waals surface area contributed by atoms with Crippen molar-refractivity contribution in [1.29, 1.82) is 5.26 Å². The number of nitro groups is 1. The summed E-state index contributed by atoms with van der Waals surface area (Å²) in [6.45, 7) is 1.17. The van der Waals surface area contributed by atoms with E-state index in [1.54, 1.807) is 6.07 Å². The Balaban J connectivity index is 2.45. The van der Waals surface area contributed by atoms with E-state index in [2.05, 4.69) is 25.9 Å². The number of hydrogen-bond acceptors (Lipinski definition) is 7. The molecule has 24 heavy (non-hydrogen) atoms. The maximum Gasteiger partial charge on any atom is 0.416 e. The molecule has 1 aromatic heterocycles. The Morgan fingerprint density at radius 1 is 1.50 bits per heavy atom. The zero-order valence-electron chi connectivity index (χ0n) is 11.9. The standard InChI is InChI=1S/C12H8F3N7O2/c1-6-2-9(10(22(23)24)3-8(6)12(13,14)15)17-5-7(4-16)11-18-20-21-19-11/h2-3,5,17H,1H3,(H,18,19,20,21). The van der Waals surface area contributed by atoms with Crippen molar-refractivity contribution in [2.75, 3.05) is 5.32 Å². The van der Waals surface area contributed by atoms with Crippen LogP contribution in [0.5, 0.6) is 0 Å². The number of nitrogens with one attached hydrogen (secondary N) is 2. The van der Waals surface area contributed by atoms with E-state index < -0.39 is 22.4 Å². The van der Waals surface area contributed by atoms with Gasteiger partial charge < -0.3 is 5.32 Å². The highest BCUT2D eigenvalue weighted by Crippen LogP contribution is 2.37. The molecule has 2 rings (SSSR count). The monoisotopic (exact) mass is 339 g/mol. The predicted octanol–water partition coefficient (Wildman–Crippen LogP) is 2.41. The van der Waals surface area contributed by atoms with E-state index in [1.165, 1.54) is 6.92 Å². The van der Waals surface area contributed by atoms with Crippen LogP contribution in [0, 0.1) is 28.4 Å². The lowest BCUT2D eigenvalue weighted by Gasteiger charge is -2.12. The summed E-state index contributed by atoms with van der Waals surface area (Å²) in [5.74, 6) is -0.0729. The van der Waals surface area contributed by atoms with Gasteiger partial charge >= 0.3 is 6.18 Å². The number of halogens is 3. The number of benzene rings is 1. The minimum absolute atomic E-state index is 0.0729. The molecule has 0 unspecified atom stereocenters. The molecule has 12 heteroatoms. The second kappa shape index (κ2) is 6.32. The minimum atomic E-state index is -4.72. The van der Waals surface area contributed by atoms with E-state index in [4.69, 9.17) is 5.26 Å². The maximum atomic E-state index is 12.9. The van der Waals surface area contributed by atoms with Crippen molar-refractivity contribution in [1.82, 2.24) is 20.6 Å². The number of nitriles is 1. The molecule has 0 fully saturated rings. The number of alkyl halides is 3. The fraction of sp³-hybridized carbons (Fsp3) is 0.167. The van der Waals surface area contributed by atoms with Gasteiger partial charge in [0.05, 0.1) is 10.5 Å². The second-order valence-electron chi connectivity index (χ2n) is 4.49. The van der Waals surface area contributed by atoms with Gasteiger partial charge in [0.2, 0.25) is 5.82 Å². The Hall–Kier alpha value is -3.49. The van der Waals surface area contributed by atoms with Crippen LogP contribution in [-0.2, 0) is 6.18 Å². The lowest BCUT2D eigenvalue weighted by molar-refractivity contribution is -0.384. The van der Waals surface area contributed by atoms with Gasteiger partial charge in [-0.05, 0) is 23.8 Å². The highest BCUT2D eigenvalue weighted by atomic mass is 19.4. The van der Waals surface area contributed by atoms with Crippen molar-refractivity contribution >= 4 is 16.9 Å². The smallest absolute Gasteiger partial charge is 0.355 e. The molecule has 0 aliphatic heterocycles. The van der Waals surface area contributed by atoms with E-state index in [9.17, 15) is 23.3 Å². The normalized spacial score (nSPS) is 11.9. The lowest BCUT2D eigenvalue weighted by atomic mass is 10.1. The highest BCUT2D eigenvalue weighted by Gasteiger charge is 2.35.